The zero-order valence-electron chi connectivity index (χ0n) is 18.7. The molecule has 1 aliphatic heterocycles. The lowest BCUT2D eigenvalue weighted by Crippen LogP contribution is -2.44. The Hall–Kier alpha value is -4.81. The summed E-state index contributed by atoms with van der Waals surface area (Å²) in [4.78, 5) is 56.0. The number of hydrogen-bond acceptors (Lipinski definition) is 8. The Kier molecular flexibility index (Phi) is 6.02. The first kappa shape index (κ1) is 23.0. The molecule has 1 aromatic carbocycles. The Morgan fingerprint density at radius 2 is 2.03 bits per heavy atom. The number of benzene rings is 1. The fourth-order valence-electron chi connectivity index (χ4n) is 4.24. The van der Waals surface area contributed by atoms with Crippen molar-refractivity contribution in [1.29, 1.82) is 0 Å². The molecule has 0 spiro atoms. The molecular weight excluding hydrogens is 471 g/mol. The molecule has 36 heavy (non-hydrogen) atoms. The fourth-order valence-corrected chi connectivity index (χ4v) is 4.24. The highest BCUT2D eigenvalue weighted by molar-refractivity contribution is 5.99. The average molecular weight is 490 g/mol. The number of aldehydes is 1. The highest BCUT2D eigenvalue weighted by Gasteiger charge is 2.40. The van der Waals surface area contributed by atoms with Crippen molar-refractivity contribution in [3.05, 3.63) is 65.1 Å². The lowest BCUT2D eigenvalue weighted by Gasteiger charge is -2.23. The van der Waals surface area contributed by atoms with E-state index in [1.165, 1.54) is 16.9 Å². The first-order chi connectivity index (χ1) is 17.4. The van der Waals surface area contributed by atoms with Gasteiger partial charge in [0.2, 0.25) is 11.8 Å². The Labute approximate surface area is 202 Å². The number of hydrogen-bond donors (Lipinski definition) is 2. The van der Waals surface area contributed by atoms with Crippen molar-refractivity contribution in [2.75, 3.05) is 11.9 Å². The van der Waals surface area contributed by atoms with Crippen molar-refractivity contribution in [3.63, 3.8) is 0 Å². The van der Waals surface area contributed by atoms with Crippen LogP contribution in [0.3, 0.4) is 0 Å². The molecule has 2 amide bonds. The number of halogens is 1. The molecule has 1 aliphatic rings. The van der Waals surface area contributed by atoms with Gasteiger partial charge < -0.3 is 10.2 Å². The topological polar surface area (TPSA) is 156 Å². The smallest absolute Gasteiger partial charge is 0.326 e. The number of aromatic amines is 1. The minimum atomic E-state index is -1.39. The summed E-state index contributed by atoms with van der Waals surface area (Å²) < 4.78 is 15.6. The van der Waals surface area contributed by atoms with E-state index in [1.54, 1.807) is 36.7 Å². The van der Waals surface area contributed by atoms with E-state index in [0.717, 1.165) is 16.0 Å². The molecule has 5 rings (SSSR count). The third-order valence-electron chi connectivity index (χ3n) is 5.90. The van der Waals surface area contributed by atoms with Crippen molar-refractivity contribution >= 4 is 34.8 Å². The maximum absolute atomic E-state index is 14.3. The molecule has 12 nitrogen and oxygen atoms in total. The number of alkyl halides is 1. The Morgan fingerprint density at radius 1 is 1.17 bits per heavy atom. The van der Waals surface area contributed by atoms with Crippen molar-refractivity contribution < 1.29 is 18.8 Å². The molecule has 3 aromatic heterocycles. The number of rotatable bonds is 6. The third-order valence-corrected chi connectivity index (χ3v) is 5.90. The van der Waals surface area contributed by atoms with Crippen LogP contribution in [0.2, 0.25) is 0 Å². The quantitative estimate of drug-likeness (QED) is 0.379. The largest absolute Gasteiger partial charge is 0.346 e. The number of amides is 2. The second kappa shape index (κ2) is 9.44. The summed E-state index contributed by atoms with van der Waals surface area (Å²) in [6.45, 7) is -0.564. The van der Waals surface area contributed by atoms with Gasteiger partial charge >= 0.3 is 5.69 Å². The predicted molar refractivity (Wildman–Crippen MR) is 125 cm³/mol. The summed E-state index contributed by atoms with van der Waals surface area (Å²) in [6.07, 6.45) is 3.37. The fraction of sp³-hybridized carbons (Fsp3) is 0.217. The summed E-state index contributed by atoms with van der Waals surface area (Å²) in [7, 11) is 0. The molecule has 2 atom stereocenters. The number of fused-ring (bicyclic) bond motifs is 1. The molecule has 2 N–H and O–H groups in total. The van der Waals surface area contributed by atoms with Gasteiger partial charge in [-0.1, -0.05) is 6.07 Å². The maximum atomic E-state index is 14.3. The van der Waals surface area contributed by atoms with Crippen LogP contribution in [0.1, 0.15) is 16.9 Å². The number of aromatic nitrogens is 6. The first-order valence-corrected chi connectivity index (χ1v) is 11.0. The van der Waals surface area contributed by atoms with E-state index >= 15 is 0 Å². The van der Waals surface area contributed by atoms with Crippen LogP contribution < -0.4 is 11.0 Å². The molecular formula is C23H19FN8O4. The van der Waals surface area contributed by atoms with Crippen molar-refractivity contribution in [1.82, 2.24) is 34.8 Å². The zero-order chi connectivity index (χ0) is 25.2. The Morgan fingerprint density at radius 3 is 2.78 bits per heavy atom. The molecule has 1 saturated heterocycles. The van der Waals surface area contributed by atoms with Crippen LogP contribution in [0.5, 0.6) is 0 Å². The Bertz CT molecular complexity index is 1520. The second-order valence-corrected chi connectivity index (χ2v) is 8.20. The molecule has 2 unspecified atom stereocenters. The predicted octanol–water partition coefficient (Wildman–Crippen LogP) is 0.967. The summed E-state index contributed by atoms with van der Waals surface area (Å²) in [5.74, 6) is -1.09. The SMILES string of the molecule is O=Cc1nn(CC(=O)N2CC(F)CC2C(=O)Nc2ccnc(=O)[nH]2)c2ccc(-c3ccnnc3)cc12. The lowest BCUT2D eigenvalue weighted by molar-refractivity contribution is -0.137. The molecule has 0 aliphatic carbocycles. The van der Waals surface area contributed by atoms with Gasteiger partial charge in [-0.3, -0.25) is 24.0 Å². The molecule has 182 valence electrons. The average Bonchev–Trinajstić information content (AvgIpc) is 3.44. The monoisotopic (exact) mass is 490 g/mol. The van der Waals surface area contributed by atoms with Gasteiger partial charge in [0, 0.05) is 23.6 Å². The van der Waals surface area contributed by atoms with Crippen LogP contribution in [0.4, 0.5) is 10.2 Å². The minimum Gasteiger partial charge on any atom is -0.326 e. The van der Waals surface area contributed by atoms with Crippen molar-refractivity contribution in [2.45, 2.75) is 25.2 Å². The number of carbonyl (C=O) groups is 3. The van der Waals surface area contributed by atoms with Gasteiger partial charge in [0.05, 0.1) is 24.5 Å². The van der Waals surface area contributed by atoms with Gasteiger partial charge in [-0.25, -0.2) is 14.2 Å². The second-order valence-electron chi connectivity index (χ2n) is 8.20. The molecule has 4 heterocycles. The molecule has 0 saturated carbocycles. The van der Waals surface area contributed by atoms with E-state index in [2.05, 4.69) is 30.6 Å². The van der Waals surface area contributed by atoms with Gasteiger partial charge in [-0.15, -0.1) is 0 Å². The van der Waals surface area contributed by atoms with E-state index in [9.17, 15) is 23.6 Å². The maximum Gasteiger partial charge on any atom is 0.346 e. The number of anilines is 1. The van der Waals surface area contributed by atoms with E-state index in [1.807, 2.05) is 0 Å². The van der Waals surface area contributed by atoms with Gasteiger partial charge in [-0.05, 0) is 29.8 Å². The number of carbonyl (C=O) groups excluding carboxylic acids is 3. The van der Waals surface area contributed by atoms with Crippen LogP contribution in [0.15, 0.2) is 53.7 Å². The summed E-state index contributed by atoms with van der Waals surface area (Å²) in [5, 5.41) is 14.9. The van der Waals surface area contributed by atoms with Crippen LogP contribution in [0, 0.1) is 0 Å². The highest BCUT2D eigenvalue weighted by atomic mass is 19.1. The van der Waals surface area contributed by atoms with Gasteiger partial charge in [0.25, 0.3) is 0 Å². The number of nitrogens with one attached hydrogen (secondary N) is 2. The minimum absolute atomic E-state index is 0.0867. The van der Waals surface area contributed by atoms with Crippen LogP contribution in [-0.4, -0.2) is 71.7 Å². The van der Waals surface area contributed by atoms with Gasteiger partial charge in [0.1, 0.15) is 30.3 Å². The van der Waals surface area contributed by atoms with Gasteiger partial charge in [-0.2, -0.15) is 15.3 Å². The molecule has 0 bridgehead atoms. The van der Waals surface area contributed by atoms with E-state index in [4.69, 9.17) is 0 Å². The van der Waals surface area contributed by atoms with E-state index < -0.39 is 29.7 Å². The number of H-pyrrole nitrogens is 1. The molecule has 1 fully saturated rings. The van der Waals surface area contributed by atoms with Crippen molar-refractivity contribution in [2.24, 2.45) is 0 Å². The number of likely N-dealkylation sites (tertiary alicyclic amines) is 1. The van der Waals surface area contributed by atoms with Gasteiger partial charge in [0.15, 0.2) is 6.29 Å². The summed E-state index contributed by atoms with van der Waals surface area (Å²) in [5.41, 5.74) is 1.60. The molecule has 4 aromatic rings. The molecule has 0 radical (unpaired) electrons. The number of nitrogens with zero attached hydrogens (tertiary/aromatic N) is 6. The zero-order valence-corrected chi connectivity index (χ0v) is 18.7. The van der Waals surface area contributed by atoms with Crippen LogP contribution in [0.25, 0.3) is 22.0 Å². The van der Waals surface area contributed by atoms with E-state index in [-0.39, 0.29) is 31.0 Å². The molecule has 13 heteroatoms. The Balaban J connectivity index is 1.39. The highest BCUT2D eigenvalue weighted by Crippen LogP contribution is 2.27. The standard InChI is InChI=1S/C23H19FN8O4/c24-15-8-19(22(35)28-20-4-5-25-23(36)29-20)31(10-15)21(34)11-32-18-2-1-13(14-3-6-26-27-9-14)7-16(18)17(12-33)30-32/h1-7,9,12,15,19H,8,10-11H2,(H2,25,28,29,35,36). The lowest BCUT2D eigenvalue weighted by atomic mass is 10.1. The van der Waals surface area contributed by atoms with Crippen molar-refractivity contribution in [3.8, 4) is 11.1 Å². The third kappa shape index (κ3) is 4.45. The first-order valence-electron chi connectivity index (χ1n) is 11.0. The van der Waals surface area contributed by atoms with E-state index in [0.29, 0.717) is 17.2 Å². The normalized spacial score (nSPS) is 17.3. The van der Waals surface area contributed by atoms with Crippen LogP contribution >= 0.6 is 0 Å². The van der Waals surface area contributed by atoms with Crippen LogP contribution in [-0.2, 0) is 16.1 Å². The summed E-state index contributed by atoms with van der Waals surface area (Å²) in [6, 6.07) is 7.36. The summed E-state index contributed by atoms with van der Waals surface area (Å²) >= 11 is 0.